The van der Waals surface area contributed by atoms with Crippen LogP contribution in [0, 0.1) is 11.3 Å². The van der Waals surface area contributed by atoms with Crippen LogP contribution in [0.15, 0.2) is 0 Å². The van der Waals surface area contributed by atoms with Crippen molar-refractivity contribution >= 4 is 0 Å². The summed E-state index contributed by atoms with van der Waals surface area (Å²) in [5.41, 5.74) is 6.64. The molecule has 0 heterocycles. The maximum absolute atomic E-state index is 5.98. The number of hydrogen-bond donors (Lipinski definition) is 2. The third-order valence-electron chi connectivity index (χ3n) is 3.47. The first-order valence-corrected chi connectivity index (χ1v) is 6.06. The zero-order chi connectivity index (χ0) is 10.6. The van der Waals surface area contributed by atoms with Gasteiger partial charge in [0, 0.05) is 19.1 Å². The van der Waals surface area contributed by atoms with Gasteiger partial charge in [0.2, 0.25) is 0 Å². The second kappa shape index (κ2) is 5.13. The number of rotatable bonds is 7. The van der Waals surface area contributed by atoms with Crippen molar-refractivity contribution in [3.05, 3.63) is 0 Å². The first kappa shape index (κ1) is 12.0. The molecule has 1 atom stereocenters. The summed E-state index contributed by atoms with van der Waals surface area (Å²) in [6.45, 7) is 8.81. The van der Waals surface area contributed by atoms with Crippen LogP contribution in [0.2, 0.25) is 0 Å². The summed E-state index contributed by atoms with van der Waals surface area (Å²) in [6, 6.07) is 0.312. The molecule has 14 heavy (non-hydrogen) atoms. The highest BCUT2D eigenvalue weighted by Gasteiger charge is 2.40. The fourth-order valence-corrected chi connectivity index (χ4v) is 1.96. The van der Waals surface area contributed by atoms with E-state index in [2.05, 4.69) is 26.1 Å². The number of hydrogen-bond acceptors (Lipinski definition) is 2. The van der Waals surface area contributed by atoms with Gasteiger partial charge in [0.1, 0.15) is 0 Å². The average molecular weight is 198 g/mol. The van der Waals surface area contributed by atoms with E-state index in [1.165, 1.54) is 32.2 Å². The topological polar surface area (TPSA) is 38.0 Å². The van der Waals surface area contributed by atoms with Crippen molar-refractivity contribution in [2.24, 2.45) is 17.1 Å². The molecule has 1 aliphatic rings. The van der Waals surface area contributed by atoms with E-state index in [0.29, 0.717) is 17.4 Å². The summed E-state index contributed by atoms with van der Waals surface area (Å²) in [7, 11) is 0. The Labute approximate surface area is 88.6 Å². The normalized spacial score (nSPS) is 21.2. The third kappa shape index (κ3) is 3.58. The quantitative estimate of drug-likeness (QED) is 0.658. The van der Waals surface area contributed by atoms with Crippen molar-refractivity contribution in [3.8, 4) is 0 Å². The Morgan fingerprint density at radius 1 is 1.36 bits per heavy atom. The summed E-state index contributed by atoms with van der Waals surface area (Å²) in [5.74, 6) is 0.587. The van der Waals surface area contributed by atoms with Gasteiger partial charge in [0.25, 0.3) is 0 Å². The molecule has 0 aliphatic heterocycles. The maximum Gasteiger partial charge on any atom is 0.0188 e. The van der Waals surface area contributed by atoms with Crippen LogP contribution in [0.4, 0.5) is 0 Å². The molecule has 0 aromatic rings. The van der Waals surface area contributed by atoms with Gasteiger partial charge in [-0.1, -0.05) is 27.2 Å². The standard InChI is InChI=1S/C12H26N2/c1-4-5-12(6-7-12)9-14-8-11(13)10(2)3/h10-11,14H,4-9,13H2,1-3H3. The van der Waals surface area contributed by atoms with Crippen molar-refractivity contribution in [2.75, 3.05) is 13.1 Å². The molecule has 0 bridgehead atoms. The minimum Gasteiger partial charge on any atom is -0.326 e. The van der Waals surface area contributed by atoms with Crippen molar-refractivity contribution < 1.29 is 0 Å². The molecule has 0 aromatic carbocycles. The van der Waals surface area contributed by atoms with Crippen molar-refractivity contribution in [3.63, 3.8) is 0 Å². The summed E-state index contributed by atoms with van der Waals surface area (Å²) in [4.78, 5) is 0. The van der Waals surface area contributed by atoms with Crippen LogP contribution in [-0.4, -0.2) is 19.1 Å². The van der Waals surface area contributed by atoms with Gasteiger partial charge in [-0.05, 0) is 30.6 Å². The Hall–Kier alpha value is -0.0800. The molecular weight excluding hydrogens is 172 g/mol. The lowest BCUT2D eigenvalue weighted by atomic mass is 10.00. The van der Waals surface area contributed by atoms with Gasteiger partial charge >= 0.3 is 0 Å². The Morgan fingerprint density at radius 2 is 2.00 bits per heavy atom. The lowest BCUT2D eigenvalue weighted by molar-refractivity contribution is 0.389. The van der Waals surface area contributed by atoms with Gasteiger partial charge in [-0.3, -0.25) is 0 Å². The minimum absolute atomic E-state index is 0.312. The first-order chi connectivity index (χ1) is 6.59. The monoisotopic (exact) mass is 198 g/mol. The summed E-state index contributed by atoms with van der Waals surface area (Å²) in [6.07, 6.45) is 5.55. The molecule has 1 aliphatic carbocycles. The average Bonchev–Trinajstić information content (AvgIpc) is 2.85. The second-order valence-electron chi connectivity index (χ2n) is 5.29. The minimum atomic E-state index is 0.312. The highest BCUT2D eigenvalue weighted by Crippen LogP contribution is 2.48. The molecule has 3 N–H and O–H groups in total. The largest absolute Gasteiger partial charge is 0.326 e. The van der Waals surface area contributed by atoms with Gasteiger partial charge in [-0.25, -0.2) is 0 Å². The lowest BCUT2D eigenvalue weighted by Crippen LogP contribution is -2.39. The van der Waals surface area contributed by atoms with Crippen LogP contribution in [0.3, 0.4) is 0 Å². The first-order valence-electron chi connectivity index (χ1n) is 6.06. The fourth-order valence-electron chi connectivity index (χ4n) is 1.96. The number of nitrogens with two attached hydrogens (primary N) is 1. The van der Waals surface area contributed by atoms with Crippen LogP contribution in [0.5, 0.6) is 0 Å². The Balaban J connectivity index is 2.09. The van der Waals surface area contributed by atoms with E-state index in [9.17, 15) is 0 Å². The smallest absolute Gasteiger partial charge is 0.0188 e. The molecule has 0 amide bonds. The highest BCUT2D eigenvalue weighted by atomic mass is 14.9. The van der Waals surface area contributed by atoms with E-state index in [4.69, 9.17) is 5.73 Å². The van der Waals surface area contributed by atoms with E-state index in [-0.39, 0.29) is 0 Å². The molecule has 0 saturated heterocycles. The van der Waals surface area contributed by atoms with Gasteiger partial charge in [-0.15, -0.1) is 0 Å². The van der Waals surface area contributed by atoms with Crippen LogP contribution in [-0.2, 0) is 0 Å². The summed E-state index contributed by atoms with van der Waals surface area (Å²) < 4.78 is 0. The van der Waals surface area contributed by atoms with E-state index < -0.39 is 0 Å². The van der Waals surface area contributed by atoms with Crippen molar-refractivity contribution in [1.82, 2.24) is 5.32 Å². The molecule has 1 fully saturated rings. The summed E-state index contributed by atoms with van der Waals surface area (Å²) in [5, 5.41) is 3.53. The SMILES string of the molecule is CCCC1(CNCC(N)C(C)C)CC1. The summed E-state index contributed by atoms with van der Waals surface area (Å²) >= 11 is 0. The lowest BCUT2D eigenvalue weighted by Gasteiger charge is -2.19. The molecular formula is C12H26N2. The fraction of sp³-hybridized carbons (Fsp3) is 1.00. The van der Waals surface area contributed by atoms with Gasteiger partial charge in [0.15, 0.2) is 0 Å². The molecule has 0 spiro atoms. The van der Waals surface area contributed by atoms with Gasteiger partial charge in [0.05, 0.1) is 0 Å². The Morgan fingerprint density at radius 3 is 2.43 bits per heavy atom. The van der Waals surface area contributed by atoms with Gasteiger partial charge < -0.3 is 11.1 Å². The second-order valence-corrected chi connectivity index (χ2v) is 5.29. The van der Waals surface area contributed by atoms with Crippen molar-refractivity contribution in [1.29, 1.82) is 0 Å². The predicted octanol–water partition coefficient (Wildman–Crippen LogP) is 2.14. The molecule has 0 radical (unpaired) electrons. The zero-order valence-electron chi connectivity index (χ0n) is 9.97. The zero-order valence-corrected chi connectivity index (χ0v) is 9.97. The molecule has 84 valence electrons. The highest BCUT2D eigenvalue weighted by molar-refractivity contribution is 4.94. The van der Waals surface area contributed by atoms with Crippen molar-refractivity contribution in [2.45, 2.75) is 52.5 Å². The van der Waals surface area contributed by atoms with E-state index in [1.54, 1.807) is 0 Å². The molecule has 2 heteroatoms. The molecule has 1 saturated carbocycles. The van der Waals surface area contributed by atoms with Gasteiger partial charge in [-0.2, -0.15) is 0 Å². The maximum atomic E-state index is 5.98. The van der Waals surface area contributed by atoms with E-state index >= 15 is 0 Å². The third-order valence-corrected chi connectivity index (χ3v) is 3.47. The van der Waals surface area contributed by atoms with E-state index in [1.807, 2.05) is 0 Å². The Kier molecular flexibility index (Phi) is 4.39. The van der Waals surface area contributed by atoms with Crippen LogP contribution < -0.4 is 11.1 Å². The molecule has 0 aromatic heterocycles. The molecule has 2 nitrogen and oxygen atoms in total. The van der Waals surface area contributed by atoms with Crippen LogP contribution in [0.25, 0.3) is 0 Å². The predicted molar refractivity (Wildman–Crippen MR) is 62.3 cm³/mol. The molecule has 1 unspecified atom stereocenters. The Bertz CT molecular complexity index is 162. The van der Waals surface area contributed by atoms with Crippen LogP contribution in [0.1, 0.15) is 46.5 Å². The van der Waals surface area contributed by atoms with E-state index in [0.717, 1.165) is 6.54 Å². The molecule has 1 rings (SSSR count). The van der Waals surface area contributed by atoms with Crippen LogP contribution >= 0.6 is 0 Å². The number of nitrogens with one attached hydrogen (secondary N) is 1.